The highest BCUT2D eigenvalue weighted by molar-refractivity contribution is 5.41. The topological polar surface area (TPSA) is 60.2 Å². The fourth-order valence-corrected chi connectivity index (χ4v) is 2.94. The highest BCUT2D eigenvalue weighted by atomic mass is 16.5. The number of fused-ring (bicyclic) bond motifs is 1. The van der Waals surface area contributed by atoms with Crippen LogP contribution in [0.1, 0.15) is 35.1 Å². The van der Waals surface area contributed by atoms with Gasteiger partial charge in [0, 0.05) is 18.3 Å². The van der Waals surface area contributed by atoms with Crippen LogP contribution < -0.4 is 16.0 Å². The van der Waals surface area contributed by atoms with Crippen LogP contribution >= 0.6 is 0 Å². The maximum absolute atomic E-state index is 5.84. The summed E-state index contributed by atoms with van der Waals surface area (Å²) >= 11 is 0. The second-order valence-electron chi connectivity index (χ2n) is 5.16. The molecule has 0 saturated carbocycles. The Kier molecular flexibility index (Phi) is 3.67. The van der Waals surface area contributed by atoms with E-state index < -0.39 is 0 Å². The van der Waals surface area contributed by atoms with E-state index in [1.54, 1.807) is 0 Å². The van der Waals surface area contributed by atoms with Gasteiger partial charge in [0.25, 0.3) is 0 Å². The third kappa shape index (κ3) is 2.28. The zero-order valence-electron chi connectivity index (χ0n) is 11.5. The number of aryl methyl sites for hydroxylation is 1. The Balaban J connectivity index is 2.01. The number of aromatic nitrogens is 1. The minimum atomic E-state index is 0.0498. The van der Waals surface area contributed by atoms with Crippen LogP contribution in [-0.4, -0.2) is 11.6 Å². The van der Waals surface area contributed by atoms with Crippen LogP contribution in [0.25, 0.3) is 0 Å². The molecule has 2 atom stereocenters. The Morgan fingerprint density at radius 2 is 2.20 bits per heavy atom. The fourth-order valence-electron chi connectivity index (χ4n) is 2.94. The summed E-state index contributed by atoms with van der Waals surface area (Å²) in [6.07, 6.45) is 4.66. The quantitative estimate of drug-likeness (QED) is 0.664. The molecule has 1 aliphatic rings. The summed E-state index contributed by atoms with van der Waals surface area (Å²) in [7, 11) is 0. The first-order valence-electron chi connectivity index (χ1n) is 6.89. The van der Waals surface area contributed by atoms with Gasteiger partial charge in [0.1, 0.15) is 5.75 Å². The molecule has 104 valence electrons. The second-order valence-corrected chi connectivity index (χ2v) is 5.16. The van der Waals surface area contributed by atoms with Gasteiger partial charge in [-0.3, -0.25) is 16.3 Å². The minimum absolute atomic E-state index is 0.0498. The molecule has 20 heavy (non-hydrogen) atoms. The van der Waals surface area contributed by atoms with Gasteiger partial charge in [-0.2, -0.15) is 0 Å². The number of nitrogens with two attached hydrogens (primary N) is 1. The van der Waals surface area contributed by atoms with Crippen LogP contribution in [0.2, 0.25) is 0 Å². The highest BCUT2D eigenvalue weighted by Gasteiger charge is 2.30. The summed E-state index contributed by atoms with van der Waals surface area (Å²) in [6.45, 7) is 2.81. The SMILES string of the molecule is Cc1ccncc1C(NN)C1CCOc2ccccc21. The van der Waals surface area contributed by atoms with E-state index in [0.717, 1.165) is 24.3 Å². The maximum Gasteiger partial charge on any atom is 0.122 e. The summed E-state index contributed by atoms with van der Waals surface area (Å²) in [4.78, 5) is 4.24. The number of nitrogens with one attached hydrogen (secondary N) is 1. The molecule has 0 saturated heterocycles. The number of rotatable bonds is 3. The number of hydrogen-bond acceptors (Lipinski definition) is 4. The summed E-state index contributed by atoms with van der Waals surface area (Å²) in [5, 5.41) is 0. The Bertz CT molecular complexity index is 600. The molecule has 0 aliphatic carbocycles. The molecular weight excluding hydrogens is 250 g/mol. The molecule has 0 fully saturated rings. The molecule has 2 aromatic rings. The summed E-state index contributed by atoms with van der Waals surface area (Å²) in [6, 6.07) is 10.3. The molecule has 2 heterocycles. The van der Waals surface area contributed by atoms with Gasteiger partial charge in [0.15, 0.2) is 0 Å². The number of nitrogens with zero attached hydrogens (tertiary/aromatic N) is 1. The van der Waals surface area contributed by atoms with Gasteiger partial charge in [0.05, 0.1) is 12.6 Å². The third-order valence-corrected chi connectivity index (χ3v) is 4.00. The normalized spacial score (nSPS) is 19.0. The van der Waals surface area contributed by atoms with Crippen molar-refractivity contribution in [2.75, 3.05) is 6.61 Å². The molecule has 4 nitrogen and oxygen atoms in total. The lowest BCUT2D eigenvalue weighted by Gasteiger charge is -2.32. The number of ether oxygens (including phenoxy) is 1. The lowest BCUT2D eigenvalue weighted by Crippen LogP contribution is -2.35. The Labute approximate surface area is 119 Å². The molecule has 0 radical (unpaired) electrons. The van der Waals surface area contributed by atoms with Crippen molar-refractivity contribution in [1.82, 2.24) is 10.4 Å². The summed E-state index contributed by atoms with van der Waals surface area (Å²) in [5.41, 5.74) is 6.54. The first-order chi connectivity index (χ1) is 9.81. The second kappa shape index (κ2) is 5.61. The first kappa shape index (κ1) is 13.1. The Hall–Kier alpha value is -1.91. The zero-order valence-corrected chi connectivity index (χ0v) is 11.5. The van der Waals surface area contributed by atoms with E-state index in [4.69, 9.17) is 10.6 Å². The number of benzene rings is 1. The molecular formula is C16H19N3O. The van der Waals surface area contributed by atoms with Crippen LogP contribution in [0, 0.1) is 6.92 Å². The monoisotopic (exact) mass is 269 g/mol. The largest absolute Gasteiger partial charge is 0.493 e. The van der Waals surface area contributed by atoms with Gasteiger partial charge >= 0.3 is 0 Å². The van der Waals surface area contributed by atoms with E-state index in [0.29, 0.717) is 5.92 Å². The average Bonchev–Trinajstić information content (AvgIpc) is 2.50. The van der Waals surface area contributed by atoms with Crippen molar-refractivity contribution in [2.24, 2.45) is 5.84 Å². The first-order valence-corrected chi connectivity index (χ1v) is 6.89. The van der Waals surface area contributed by atoms with Gasteiger partial charge < -0.3 is 4.74 Å². The van der Waals surface area contributed by atoms with Crippen molar-refractivity contribution < 1.29 is 4.74 Å². The third-order valence-electron chi connectivity index (χ3n) is 4.00. The minimum Gasteiger partial charge on any atom is -0.493 e. The van der Waals surface area contributed by atoms with Gasteiger partial charge in [-0.25, -0.2) is 0 Å². The molecule has 3 N–H and O–H groups in total. The van der Waals surface area contributed by atoms with Crippen LogP contribution in [0.15, 0.2) is 42.7 Å². The van der Waals surface area contributed by atoms with Crippen LogP contribution in [0.5, 0.6) is 5.75 Å². The van der Waals surface area contributed by atoms with Gasteiger partial charge in [0.2, 0.25) is 0 Å². The van der Waals surface area contributed by atoms with Crippen molar-refractivity contribution in [3.63, 3.8) is 0 Å². The van der Waals surface area contributed by atoms with Crippen molar-refractivity contribution >= 4 is 0 Å². The van der Waals surface area contributed by atoms with Crippen LogP contribution in [-0.2, 0) is 0 Å². The standard InChI is InChI=1S/C16H19N3O/c1-11-6-8-18-10-14(11)16(19-17)13-7-9-20-15-5-3-2-4-12(13)15/h2-6,8,10,13,16,19H,7,9,17H2,1H3. The Morgan fingerprint density at radius 3 is 3.00 bits per heavy atom. The summed E-state index contributed by atoms with van der Waals surface area (Å²) < 4.78 is 5.73. The van der Waals surface area contributed by atoms with Gasteiger partial charge in [-0.15, -0.1) is 0 Å². The molecule has 4 heteroatoms. The summed E-state index contributed by atoms with van der Waals surface area (Å²) in [5.74, 6) is 7.11. The maximum atomic E-state index is 5.84. The van der Waals surface area contributed by atoms with Crippen LogP contribution in [0.3, 0.4) is 0 Å². The van der Waals surface area contributed by atoms with Crippen molar-refractivity contribution in [3.8, 4) is 5.75 Å². The average molecular weight is 269 g/mol. The predicted molar refractivity (Wildman–Crippen MR) is 78.3 cm³/mol. The molecule has 0 bridgehead atoms. The fraction of sp³-hybridized carbons (Fsp3) is 0.312. The van der Waals surface area contributed by atoms with E-state index in [9.17, 15) is 0 Å². The smallest absolute Gasteiger partial charge is 0.122 e. The van der Waals surface area contributed by atoms with E-state index >= 15 is 0 Å². The molecule has 1 aromatic heterocycles. The Morgan fingerprint density at radius 1 is 1.35 bits per heavy atom. The molecule has 1 aromatic carbocycles. The number of hydrogen-bond donors (Lipinski definition) is 2. The predicted octanol–water partition coefficient (Wildman–Crippen LogP) is 2.46. The lowest BCUT2D eigenvalue weighted by molar-refractivity contribution is 0.246. The van der Waals surface area contributed by atoms with Crippen LogP contribution in [0.4, 0.5) is 0 Å². The zero-order chi connectivity index (χ0) is 13.9. The lowest BCUT2D eigenvalue weighted by atomic mass is 9.83. The van der Waals surface area contributed by atoms with E-state index in [2.05, 4.69) is 23.4 Å². The van der Waals surface area contributed by atoms with E-state index in [1.807, 2.05) is 36.7 Å². The van der Waals surface area contributed by atoms with Gasteiger partial charge in [-0.05, 0) is 42.2 Å². The number of para-hydroxylation sites is 1. The van der Waals surface area contributed by atoms with Crippen molar-refractivity contribution in [3.05, 3.63) is 59.4 Å². The molecule has 1 aliphatic heterocycles. The van der Waals surface area contributed by atoms with E-state index in [1.165, 1.54) is 11.1 Å². The number of pyridine rings is 1. The van der Waals surface area contributed by atoms with Crippen molar-refractivity contribution in [2.45, 2.75) is 25.3 Å². The molecule has 3 rings (SSSR count). The van der Waals surface area contributed by atoms with E-state index in [-0.39, 0.29) is 6.04 Å². The highest BCUT2D eigenvalue weighted by Crippen LogP contribution is 2.41. The number of hydrazine groups is 1. The van der Waals surface area contributed by atoms with Crippen molar-refractivity contribution in [1.29, 1.82) is 0 Å². The molecule has 0 amide bonds. The van der Waals surface area contributed by atoms with Gasteiger partial charge in [-0.1, -0.05) is 18.2 Å². The molecule has 2 unspecified atom stereocenters. The molecule has 0 spiro atoms.